The van der Waals surface area contributed by atoms with Crippen molar-refractivity contribution in [3.05, 3.63) is 22.2 Å². The zero-order valence-corrected chi connectivity index (χ0v) is 15.1. The van der Waals surface area contributed by atoms with Crippen LogP contribution >= 0.6 is 11.6 Å². The van der Waals surface area contributed by atoms with Crippen LogP contribution in [0, 0.1) is 6.92 Å². The van der Waals surface area contributed by atoms with E-state index in [0.29, 0.717) is 13.2 Å². The Bertz CT molecular complexity index is 646. The van der Waals surface area contributed by atoms with E-state index in [0.717, 1.165) is 14.2 Å². The van der Waals surface area contributed by atoms with E-state index in [1.165, 1.54) is 0 Å². The van der Waals surface area contributed by atoms with E-state index < -0.39 is 23.8 Å². The highest BCUT2D eigenvalue weighted by Gasteiger charge is 2.56. The van der Waals surface area contributed by atoms with Crippen molar-refractivity contribution in [3.8, 4) is 0 Å². The Kier molecular flexibility index (Phi) is 6.28. The summed E-state index contributed by atoms with van der Waals surface area (Å²) in [5.74, 6) is -1.79. The third-order valence-corrected chi connectivity index (χ3v) is 3.80. The molecule has 10 heteroatoms. The number of aromatic nitrogens is 2. The van der Waals surface area contributed by atoms with Crippen LogP contribution in [0.5, 0.6) is 0 Å². The van der Waals surface area contributed by atoms with Crippen LogP contribution in [0.4, 0.5) is 0 Å². The van der Waals surface area contributed by atoms with E-state index in [-0.39, 0.29) is 28.8 Å². The molecule has 25 heavy (non-hydrogen) atoms. The lowest BCUT2D eigenvalue weighted by Gasteiger charge is -2.30. The monoisotopic (exact) mass is 374 g/mol. The number of carbonyl (C=O) groups is 2. The molecule has 0 radical (unpaired) electrons. The average molecular weight is 375 g/mol. The van der Waals surface area contributed by atoms with Crippen LogP contribution in [0.25, 0.3) is 0 Å². The molecule has 0 aliphatic carbocycles. The summed E-state index contributed by atoms with van der Waals surface area (Å²) in [7, 11) is 2.24. The number of nitrogens with zero attached hydrogens (tertiary/aromatic N) is 2. The minimum absolute atomic E-state index is 0.00328. The summed E-state index contributed by atoms with van der Waals surface area (Å²) in [6.07, 6.45) is -0.947. The highest BCUT2D eigenvalue weighted by molar-refractivity contribution is 6.30. The fraction of sp³-hybridized carbons (Fsp3) is 0.600. The Labute approximate surface area is 149 Å². The first-order chi connectivity index (χ1) is 11.9. The van der Waals surface area contributed by atoms with Gasteiger partial charge in [-0.2, -0.15) is 0 Å². The highest BCUT2D eigenvalue weighted by Crippen LogP contribution is 2.38. The Morgan fingerprint density at radius 1 is 1.20 bits per heavy atom. The summed E-state index contributed by atoms with van der Waals surface area (Å²) < 4.78 is 26.0. The molecule has 1 saturated heterocycles. The normalized spacial score (nSPS) is 15.2. The SMILES string of the molecule is CCOC(C(=O)OC)(C(=O)OC)c1nc(C)nc(Cl)c1C1OCCO1. The van der Waals surface area contributed by atoms with Crippen molar-refractivity contribution >= 4 is 23.5 Å². The topological polar surface area (TPSA) is 106 Å². The number of esters is 2. The van der Waals surface area contributed by atoms with E-state index >= 15 is 0 Å². The fourth-order valence-corrected chi connectivity index (χ4v) is 2.82. The molecule has 0 unspecified atom stereocenters. The molecule has 9 nitrogen and oxygen atoms in total. The van der Waals surface area contributed by atoms with Gasteiger partial charge in [0.25, 0.3) is 0 Å². The number of carbonyl (C=O) groups excluding carboxylic acids is 2. The summed E-state index contributed by atoms with van der Waals surface area (Å²) in [4.78, 5) is 33.4. The summed E-state index contributed by atoms with van der Waals surface area (Å²) in [6, 6.07) is 0. The van der Waals surface area contributed by atoms with Gasteiger partial charge in [0.15, 0.2) is 6.29 Å². The van der Waals surface area contributed by atoms with Gasteiger partial charge in [-0.1, -0.05) is 11.6 Å². The van der Waals surface area contributed by atoms with Gasteiger partial charge >= 0.3 is 17.5 Å². The van der Waals surface area contributed by atoms with Crippen LogP contribution in [0.2, 0.25) is 5.15 Å². The molecule has 0 saturated carbocycles. The van der Waals surface area contributed by atoms with Crippen molar-refractivity contribution in [2.45, 2.75) is 25.7 Å². The quantitative estimate of drug-likeness (QED) is 0.410. The Morgan fingerprint density at radius 2 is 1.76 bits per heavy atom. The van der Waals surface area contributed by atoms with Gasteiger partial charge in [-0.25, -0.2) is 19.6 Å². The van der Waals surface area contributed by atoms with Crippen molar-refractivity contribution in [1.82, 2.24) is 9.97 Å². The molecular weight excluding hydrogens is 356 g/mol. The molecule has 1 fully saturated rings. The van der Waals surface area contributed by atoms with Crippen LogP contribution in [0.3, 0.4) is 0 Å². The number of aryl methyl sites for hydroxylation is 1. The average Bonchev–Trinajstić information content (AvgIpc) is 3.11. The van der Waals surface area contributed by atoms with Crippen LogP contribution in [0.1, 0.15) is 30.3 Å². The first-order valence-corrected chi connectivity index (χ1v) is 7.88. The molecule has 1 aromatic rings. The lowest BCUT2D eigenvalue weighted by atomic mass is 9.94. The summed E-state index contributed by atoms with van der Waals surface area (Å²) >= 11 is 6.25. The second-order valence-corrected chi connectivity index (χ2v) is 5.35. The van der Waals surface area contributed by atoms with Gasteiger partial charge in [0.1, 0.15) is 16.7 Å². The molecule has 2 rings (SSSR count). The van der Waals surface area contributed by atoms with E-state index in [2.05, 4.69) is 9.97 Å². The van der Waals surface area contributed by atoms with Crippen LogP contribution < -0.4 is 0 Å². The van der Waals surface area contributed by atoms with Gasteiger partial charge in [-0.15, -0.1) is 0 Å². The van der Waals surface area contributed by atoms with Crippen LogP contribution in [0.15, 0.2) is 0 Å². The van der Waals surface area contributed by atoms with Gasteiger partial charge in [-0.05, 0) is 13.8 Å². The molecule has 0 bridgehead atoms. The van der Waals surface area contributed by atoms with Gasteiger partial charge in [0, 0.05) is 6.61 Å². The van der Waals surface area contributed by atoms with E-state index in [1.807, 2.05) is 0 Å². The number of hydrogen-bond acceptors (Lipinski definition) is 9. The van der Waals surface area contributed by atoms with Crippen LogP contribution in [-0.2, 0) is 38.9 Å². The first kappa shape index (κ1) is 19.5. The van der Waals surface area contributed by atoms with E-state index in [4.69, 9.17) is 35.3 Å². The number of methoxy groups -OCH3 is 2. The lowest BCUT2D eigenvalue weighted by molar-refractivity contribution is -0.190. The standard InChI is InChI=1S/C15H19ClN2O7/c1-5-25-15(13(19)21-3,14(20)22-4)10-9(12-23-6-7-24-12)11(16)18-8(2)17-10/h12H,5-7H2,1-4H3. The lowest BCUT2D eigenvalue weighted by Crippen LogP contribution is -2.49. The highest BCUT2D eigenvalue weighted by atomic mass is 35.5. The number of ether oxygens (including phenoxy) is 5. The van der Waals surface area contributed by atoms with Gasteiger partial charge in [-0.3, -0.25) is 0 Å². The van der Waals surface area contributed by atoms with Crippen LogP contribution in [-0.4, -0.2) is 55.9 Å². The Morgan fingerprint density at radius 3 is 2.24 bits per heavy atom. The van der Waals surface area contributed by atoms with Crippen molar-refractivity contribution < 1.29 is 33.3 Å². The molecule has 0 N–H and O–H groups in total. The summed E-state index contributed by atoms with van der Waals surface area (Å²) in [5.41, 5.74) is -2.29. The summed E-state index contributed by atoms with van der Waals surface area (Å²) in [5, 5.41) is -0.0220. The van der Waals surface area contributed by atoms with E-state index in [9.17, 15) is 9.59 Å². The van der Waals surface area contributed by atoms with Gasteiger partial charge < -0.3 is 23.7 Å². The third kappa shape index (κ3) is 3.45. The van der Waals surface area contributed by atoms with Crippen molar-refractivity contribution in [1.29, 1.82) is 0 Å². The minimum Gasteiger partial charge on any atom is -0.466 e. The second kappa shape index (κ2) is 8.05. The maximum Gasteiger partial charge on any atom is 0.356 e. The second-order valence-electron chi connectivity index (χ2n) is 4.99. The fourth-order valence-electron chi connectivity index (χ4n) is 2.52. The molecule has 0 amide bonds. The molecule has 1 aromatic heterocycles. The maximum atomic E-state index is 12.6. The predicted molar refractivity (Wildman–Crippen MR) is 83.8 cm³/mol. The number of halogens is 1. The Balaban J connectivity index is 2.79. The molecule has 0 spiro atoms. The molecule has 138 valence electrons. The molecular formula is C15H19ClN2O7. The van der Waals surface area contributed by atoms with Crippen molar-refractivity contribution in [2.75, 3.05) is 34.0 Å². The largest absolute Gasteiger partial charge is 0.466 e. The molecule has 1 aliphatic rings. The predicted octanol–water partition coefficient (Wildman–Crippen LogP) is 1.06. The molecule has 2 heterocycles. The third-order valence-electron chi connectivity index (χ3n) is 3.51. The first-order valence-electron chi connectivity index (χ1n) is 7.50. The minimum atomic E-state index is -2.28. The van der Waals surface area contributed by atoms with E-state index in [1.54, 1.807) is 13.8 Å². The zero-order valence-electron chi connectivity index (χ0n) is 14.3. The summed E-state index contributed by atoms with van der Waals surface area (Å²) in [6.45, 7) is 3.79. The van der Waals surface area contributed by atoms with Crippen molar-refractivity contribution in [3.63, 3.8) is 0 Å². The molecule has 0 atom stereocenters. The van der Waals surface area contributed by atoms with Gasteiger partial charge in [0.05, 0.1) is 33.0 Å². The zero-order chi connectivity index (χ0) is 18.6. The van der Waals surface area contributed by atoms with Gasteiger partial charge in [0.2, 0.25) is 0 Å². The number of rotatable bonds is 6. The Hall–Kier alpha value is -1.81. The maximum absolute atomic E-state index is 12.6. The number of hydrogen-bond donors (Lipinski definition) is 0. The molecule has 0 aromatic carbocycles. The van der Waals surface area contributed by atoms with Crippen molar-refractivity contribution in [2.24, 2.45) is 0 Å². The molecule has 1 aliphatic heterocycles. The smallest absolute Gasteiger partial charge is 0.356 e.